The highest BCUT2D eigenvalue weighted by Crippen LogP contribution is 2.53. The lowest BCUT2D eigenvalue weighted by Gasteiger charge is -2.32. The molecule has 0 saturated carbocycles. The molecule has 0 aromatic heterocycles. The summed E-state index contributed by atoms with van der Waals surface area (Å²) in [6, 6.07) is 18.9. The van der Waals surface area contributed by atoms with Crippen LogP contribution in [0.5, 0.6) is 5.75 Å². The van der Waals surface area contributed by atoms with Crippen LogP contribution in [0.3, 0.4) is 0 Å². The fourth-order valence-electron chi connectivity index (χ4n) is 4.46. The van der Waals surface area contributed by atoms with Crippen LogP contribution >= 0.6 is 0 Å². The monoisotopic (exact) mass is 335 g/mol. The Morgan fingerprint density at radius 2 is 1.96 bits per heavy atom. The molecule has 0 spiro atoms. The third kappa shape index (κ3) is 1.80. The molecule has 0 amide bonds. The fourth-order valence-corrected chi connectivity index (χ4v) is 4.46. The van der Waals surface area contributed by atoms with Crippen molar-refractivity contribution < 1.29 is 4.74 Å². The molecule has 2 aliphatic rings. The topological polar surface area (TPSA) is 33.0 Å². The molecule has 124 valence electrons. The molecule has 26 heavy (non-hydrogen) atoms. The summed E-state index contributed by atoms with van der Waals surface area (Å²) in [6.45, 7) is 2.21. The highest BCUT2D eigenvalue weighted by atomic mass is 16.5. The Labute approximate surface area is 152 Å². The first-order chi connectivity index (χ1) is 12.7. The Morgan fingerprint density at radius 3 is 2.77 bits per heavy atom. The van der Waals surface area contributed by atoms with Gasteiger partial charge in [0, 0.05) is 5.41 Å². The number of nitriles is 1. The standard InChI is InChI=1S/C24H17NO/c1-24-11-10-20-19-9-7-18(26-2)12-15(19)6-8-21(20)22(24)13-16-4-3-5-17(14-25)23(16)24/h3-13H,1-2H3/t24-/m0/s1. The lowest BCUT2D eigenvalue weighted by molar-refractivity contribution is 0.415. The van der Waals surface area contributed by atoms with E-state index in [9.17, 15) is 5.26 Å². The molecule has 0 fully saturated rings. The van der Waals surface area contributed by atoms with Crippen molar-refractivity contribution in [1.29, 1.82) is 5.26 Å². The van der Waals surface area contributed by atoms with Gasteiger partial charge in [-0.3, -0.25) is 0 Å². The van der Waals surface area contributed by atoms with Gasteiger partial charge in [0.2, 0.25) is 0 Å². The zero-order valence-electron chi connectivity index (χ0n) is 14.7. The van der Waals surface area contributed by atoms with Crippen molar-refractivity contribution in [3.63, 3.8) is 0 Å². The number of ether oxygens (including phenoxy) is 1. The van der Waals surface area contributed by atoms with Crippen molar-refractivity contribution >= 4 is 28.5 Å². The Hall–Kier alpha value is -3.31. The maximum atomic E-state index is 9.58. The summed E-state index contributed by atoms with van der Waals surface area (Å²) in [4.78, 5) is 0. The first-order valence-electron chi connectivity index (χ1n) is 8.72. The summed E-state index contributed by atoms with van der Waals surface area (Å²) in [5, 5.41) is 12.0. The molecule has 2 aliphatic carbocycles. The van der Waals surface area contributed by atoms with Gasteiger partial charge in [-0.25, -0.2) is 0 Å². The van der Waals surface area contributed by atoms with Gasteiger partial charge in [-0.05, 0) is 69.8 Å². The molecule has 1 atom stereocenters. The number of fused-ring (bicyclic) bond motifs is 7. The second-order valence-electron chi connectivity index (χ2n) is 7.09. The second-order valence-corrected chi connectivity index (χ2v) is 7.09. The molecule has 3 aromatic rings. The summed E-state index contributed by atoms with van der Waals surface area (Å²) in [5.74, 6) is 0.869. The van der Waals surface area contributed by atoms with Gasteiger partial charge in [-0.15, -0.1) is 0 Å². The molecule has 0 radical (unpaired) electrons. The third-order valence-corrected chi connectivity index (χ3v) is 5.74. The van der Waals surface area contributed by atoms with E-state index >= 15 is 0 Å². The van der Waals surface area contributed by atoms with Gasteiger partial charge >= 0.3 is 0 Å². The van der Waals surface area contributed by atoms with E-state index in [1.165, 1.54) is 27.5 Å². The molecule has 2 heteroatoms. The molecular formula is C24H17NO. The molecule has 0 aliphatic heterocycles. The van der Waals surface area contributed by atoms with Crippen molar-refractivity contribution in [2.45, 2.75) is 12.3 Å². The van der Waals surface area contributed by atoms with Crippen molar-refractivity contribution in [2.24, 2.45) is 0 Å². The Balaban J connectivity index is 1.78. The van der Waals surface area contributed by atoms with Crippen molar-refractivity contribution in [2.75, 3.05) is 7.11 Å². The number of methoxy groups -OCH3 is 1. The normalized spacial score (nSPS) is 19.3. The van der Waals surface area contributed by atoms with Gasteiger partial charge in [0.15, 0.2) is 0 Å². The van der Waals surface area contributed by atoms with Crippen molar-refractivity contribution in [1.82, 2.24) is 0 Å². The van der Waals surface area contributed by atoms with E-state index in [1.54, 1.807) is 7.11 Å². The smallest absolute Gasteiger partial charge is 0.119 e. The number of benzene rings is 3. The fraction of sp³-hybridized carbons (Fsp3) is 0.125. The summed E-state index contributed by atoms with van der Waals surface area (Å²) >= 11 is 0. The van der Waals surface area contributed by atoms with Gasteiger partial charge < -0.3 is 4.74 Å². The van der Waals surface area contributed by atoms with Gasteiger partial charge in [-0.1, -0.05) is 42.5 Å². The molecular weight excluding hydrogens is 318 g/mol. The minimum Gasteiger partial charge on any atom is -0.497 e. The van der Waals surface area contributed by atoms with Gasteiger partial charge in [-0.2, -0.15) is 5.26 Å². The Morgan fingerprint density at radius 1 is 1.08 bits per heavy atom. The minimum absolute atomic E-state index is 0.255. The SMILES string of the molecule is COc1ccc2c3c(ccc2c1)C1=Cc2cccc(C#N)c2[C@@]1(C)C=C3. The van der Waals surface area contributed by atoms with E-state index in [1.807, 2.05) is 18.2 Å². The van der Waals surface area contributed by atoms with Crippen molar-refractivity contribution in [3.8, 4) is 11.8 Å². The molecule has 0 N–H and O–H groups in total. The van der Waals surface area contributed by atoms with Gasteiger partial charge in [0.25, 0.3) is 0 Å². The first kappa shape index (κ1) is 15.0. The molecule has 2 nitrogen and oxygen atoms in total. The van der Waals surface area contributed by atoms with Crippen LogP contribution in [0.25, 0.3) is 28.5 Å². The molecule has 0 saturated heterocycles. The predicted octanol–water partition coefficient (Wildman–Crippen LogP) is 5.56. The van der Waals surface area contributed by atoms with Crippen LogP contribution in [0.15, 0.2) is 54.6 Å². The maximum absolute atomic E-state index is 9.58. The van der Waals surface area contributed by atoms with Crippen LogP contribution in [0.1, 0.15) is 34.7 Å². The van der Waals surface area contributed by atoms with Crippen LogP contribution in [-0.4, -0.2) is 7.11 Å². The van der Waals surface area contributed by atoms with E-state index in [4.69, 9.17) is 4.74 Å². The summed E-state index contributed by atoms with van der Waals surface area (Å²) in [5.41, 5.74) is 6.52. The van der Waals surface area contributed by atoms with Crippen LogP contribution in [-0.2, 0) is 5.41 Å². The zero-order valence-corrected chi connectivity index (χ0v) is 14.7. The zero-order chi connectivity index (χ0) is 17.9. The average Bonchev–Trinajstić information content (AvgIpc) is 3.00. The number of allylic oxidation sites excluding steroid dienone is 2. The Kier molecular flexibility index (Phi) is 2.94. The Bertz CT molecular complexity index is 1190. The summed E-state index contributed by atoms with van der Waals surface area (Å²) in [7, 11) is 1.69. The van der Waals surface area contributed by atoms with Crippen LogP contribution < -0.4 is 4.74 Å². The molecule has 5 rings (SSSR count). The second kappa shape index (κ2) is 5.09. The van der Waals surface area contributed by atoms with E-state index in [0.29, 0.717) is 0 Å². The van der Waals surface area contributed by atoms with Crippen LogP contribution in [0.4, 0.5) is 0 Å². The number of nitrogens with zero attached hydrogens (tertiary/aromatic N) is 1. The lowest BCUT2D eigenvalue weighted by atomic mass is 9.70. The predicted molar refractivity (Wildman–Crippen MR) is 106 cm³/mol. The largest absolute Gasteiger partial charge is 0.497 e. The number of hydrogen-bond donors (Lipinski definition) is 0. The number of rotatable bonds is 1. The molecule has 0 bridgehead atoms. The van der Waals surface area contributed by atoms with E-state index in [2.05, 4.69) is 61.6 Å². The lowest BCUT2D eigenvalue weighted by Crippen LogP contribution is -2.22. The van der Waals surface area contributed by atoms with E-state index in [-0.39, 0.29) is 5.41 Å². The van der Waals surface area contributed by atoms with Gasteiger partial charge in [0.1, 0.15) is 5.75 Å². The first-order valence-corrected chi connectivity index (χ1v) is 8.72. The highest BCUT2D eigenvalue weighted by molar-refractivity contribution is 6.06. The maximum Gasteiger partial charge on any atom is 0.119 e. The highest BCUT2D eigenvalue weighted by Gasteiger charge is 2.40. The van der Waals surface area contributed by atoms with E-state index < -0.39 is 0 Å². The molecule has 0 unspecified atom stereocenters. The van der Waals surface area contributed by atoms with E-state index in [0.717, 1.165) is 22.4 Å². The van der Waals surface area contributed by atoms with Crippen LogP contribution in [0, 0.1) is 11.3 Å². The number of hydrogen-bond acceptors (Lipinski definition) is 2. The van der Waals surface area contributed by atoms with Crippen LogP contribution in [0.2, 0.25) is 0 Å². The average molecular weight is 335 g/mol. The summed E-state index contributed by atoms with van der Waals surface area (Å²) < 4.78 is 5.36. The molecule has 3 aromatic carbocycles. The summed E-state index contributed by atoms with van der Waals surface area (Å²) in [6.07, 6.45) is 6.70. The molecule has 0 heterocycles. The quantitative estimate of drug-likeness (QED) is 0.583. The third-order valence-electron chi connectivity index (χ3n) is 5.74. The minimum atomic E-state index is -0.255. The van der Waals surface area contributed by atoms with Crippen molar-refractivity contribution in [3.05, 3.63) is 82.4 Å². The van der Waals surface area contributed by atoms with Gasteiger partial charge in [0.05, 0.1) is 18.7 Å².